The molecule has 0 aliphatic heterocycles. The summed E-state index contributed by atoms with van der Waals surface area (Å²) in [4.78, 5) is 23.0. The van der Waals surface area contributed by atoms with Gasteiger partial charge in [0, 0.05) is 4.57 Å². The van der Waals surface area contributed by atoms with Gasteiger partial charge in [0.25, 0.3) is 0 Å². The van der Waals surface area contributed by atoms with Crippen molar-refractivity contribution in [3.8, 4) is 0 Å². The molecule has 1 aliphatic carbocycles. The largest absolute Gasteiger partial charge is 0.694 e. The lowest BCUT2D eigenvalue weighted by Gasteiger charge is -1.79. The molecule has 0 radical (unpaired) electrons. The fourth-order valence-corrected chi connectivity index (χ4v) is 0.767. The maximum absolute atomic E-state index is 9.78. The number of hydrogen-bond donors (Lipinski definition) is 4. The van der Waals surface area contributed by atoms with Crippen molar-refractivity contribution in [3.05, 3.63) is 0 Å². The molecular weight excluding hydrogens is 192 g/mol. The molecule has 0 aromatic carbocycles. The molecule has 1 saturated carbocycles. The van der Waals surface area contributed by atoms with Crippen molar-refractivity contribution < 1.29 is 23.8 Å². The van der Waals surface area contributed by atoms with E-state index < -0.39 is 16.8 Å². The van der Waals surface area contributed by atoms with E-state index in [9.17, 15) is 4.57 Å². The predicted octanol–water partition coefficient (Wildman–Crippen LogP) is -0.0283. The molecule has 0 amide bonds. The van der Waals surface area contributed by atoms with E-state index in [1.165, 1.54) is 0 Å². The molecular formula is C3H10NO5P2+. The van der Waals surface area contributed by atoms with Crippen molar-refractivity contribution in [2.45, 2.75) is 18.9 Å². The normalized spacial score (nSPS) is 17.4. The Balaban J connectivity index is 0.000000218. The van der Waals surface area contributed by atoms with E-state index in [4.69, 9.17) is 14.7 Å². The van der Waals surface area contributed by atoms with Gasteiger partial charge in [-0.05, 0) is 12.8 Å². The standard InChI is InChI=1S/C3H5O3P.H4NO2P/c4-7(5)6-3-1-2-3;1-4(2)3/h3H,1-2H2;2-3H,1H2/p+1. The third kappa shape index (κ3) is 13.3. The predicted molar refractivity (Wildman–Crippen MR) is 39.5 cm³/mol. The van der Waals surface area contributed by atoms with Crippen LogP contribution in [0.5, 0.6) is 0 Å². The summed E-state index contributed by atoms with van der Waals surface area (Å²) in [5.74, 6) is 0. The van der Waals surface area contributed by atoms with Gasteiger partial charge in [-0.25, -0.2) is 0 Å². The van der Waals surface area contributed by atoms with Crippen LogP contribution >= 0.6 is 16.8 Å². The van der Waals surface area contributed by atoms with Gasteiger partial charge in [-0.1, -0.05) is 0 Å². The van der Waals surface area contributed by atoms with Crippen LogP contribution in [0.25, 0.3) is 0 Å². The second-order valence-corrected chi connectivity index (χ2v) is 3.19. The molecule has 5 N–H and O–H groups in total. The van der Waals surface area contributed by atoms with Gasteiger partial charge in [-0.3, -0.25) is 5.50 Å². The van der Waals surface area contributed by atoms with Gasteiger partial charge in [0.1, 0.15) is 6.10 Å². The fourth-order valence-electron chi connectivity index (χ4n) is 0.301. The molecule has 1 fully saturated rings. The van der Waals surface area contributed by atoms with Crippen LogP contribution in [0.4, 0.5) is 0 Å². The molecule has 0 bridgehead atoms. The first-order chi connectivity index (χ1) is 5.02. The summed E-state index contributed by atoms with van der Waals surface area (Å²) in [6.07, 6.45) is 1.98. The highest BCUT2D eigenvalue weighted by Gasteiger charge is 2.32. The van der Waals surface area contributed by atoms with E-state index in [0.29, 0.717) is 0 Å². The summed E-state index contributed by atoms with van der Waals surface area (Å²) < 4.78 is 14.2. The van der Waals surface area contributed by atoms with Crippen LogP contribution in [0, 0.1) is 0 Å². The number of nitrogens with two attached hydrogens (primary N) is 1. The van der Waals surface area contributed by atoms with E-state index in [-0.39, 0.29) is 6.10 Å². The highest BCUT2D eigenvalue weighted by Crippen LogP contribution is 2.32. The minimum absolute atomic E-state index is 0.0913. The van der Waals surface area contributed by atoms with Crippen LogP contribution in [0.1, 0.15) is 12.8 Å². The molecule has 8 heteroatoms. The van der Waals surface area contributed by atoms with Crippen molar-refractivity contribution in [1.29, 1.82) is 0 Å². The molecule has 1 atom stereocenters. The van der Waals surface area contributed by atoms with Gasteiger partial charge < -0.3 is 9.79 Å². The Bertz CT molecular complexity index is 124. The Kier molecular flexibility index (Phi) is 6.09. The minimum Gasteiger partial charge on any atom is -0.338 e. The molecule has 11 heavy (non-hydrogen) atoms. The van der Waals surface area contributed by atoms with Crippen LogP contribution in [-0.4, -0.2) is 20.8 Å². The molecule has 1 aliphatic rings. The first-order valence-corrected chi connectivity index (χ1v) is 5.22. The second-order valence-electron chi connectivity index (χ2n) is 1.86. The van der Waals surface area contributed by atoms with Gasteiger partial charge >= 0.3 is 8.25 Å². The van der Waals surface area contributed by atoms with Crippen LogP contribution in [0.15, 0.2) is 0 Å². The summed E-state index contributed by atoms with van der Waals surface area (Å²) in [5, 5.41) is 0. The highest BCUT2D eigenvalue weighted by molar-refractivity contribution is 7.42. The monoisotopic (exact) mass is 202 g/mol. The zero-order valence-electron chi connectivity index (χ0n) is 5.62. The Morgan fingerprint density at radius 3 is 2.00 bits per heavy atom. The molecule has 1 rings (SSSR count). The van der Waals surface area contributed by atoms with E-state index in [2.05, 4.69) is 10.0 Å². The van der Waals surface area contributed by atoms with E-state index in [0.717, 1.165) is 12.8 Å². The van der Waals surface area contributed by atoms with Crippen LogP contribution in [0.3, 0.4) is 0 Å². The SMILES string of the molecule is NP(O)O.O=[P+](O)OC1CC1. The molecule has 0 aromatic heterocycles. The van der Waals surface area contributed by atoms with Crippen molar-refractivity contribution >= 4 is 16.8 Å². The van der Waals surface area contributed by atoms with E-state index >= 15 is 0 Å². The van der Waals surface area contributed by atoms with Crippen LogP contribution in [-0.2, 0) is 9.09 Å². The lowest BCUT2D eigenvalue weighted by molar-refractivity contribution is 0.270. The molecule has 0 spiro atoms. The third-order valence-corrected chi connectivity index (χ3v) is 1.24. The summed E-state index contributed by atoms with van der Waals surface area (Å²) in [5.41, 5.74) is 4.29. The molecule has 6 nitrogen and oxygen atoms in total. The Morgan fingerprint density at radius 2 is 1.91 bits per heavy atom. The quantitative estimate of drug-likeness (QED) is 0.467. The van der Waals surface area contributed by atoms with Crippen LogP contribution in [0.2, 0.25) is 0 Å². The number of hydrogen-bond acceptors (Lipinski definition) is 5. The van der Waals surface area contributed by atoms with Gasteiger partial charge in [-0.2, -0.15) is 0 Å². The first-order valence-electron chi connectivity index (χ1n) is 2.78. The molecule has 0 saturated heterocycles. The van der Waals surface area contributed by atoms with Gasteiger partial charge in [0.15, 0.2) is 0 Å². The first kappa shape index (κ1) is 11.3. The van der Waals surface area contributed by atoms with Gasteiger partial charge in [0.2, 0.25) is 8.53 Å². The maximum atomic E-state index is 9.78. The zero-order chi connectivity index (χ0) is 8.85. The van der Waals surface area contributed by atoms with Gasteiger partial charge in [0.05, 0.1) is 0 Å². The highest BCUT2D eigenvalue weighted by atomic mass is 31.2. The Morgan fingerprint density at radius 1 is 1.55 bits per heavy atom. The average Bonchev–Trinajstić information content (AvgIpc) is 2.45. The van der Waals surface area contributed by atoms with E-state index in [1.807, 2.05) is 0 Å². The molecule has 0 heterocycles. The maximum Gasteiger partial charge on any atom is 0.694 e. The van der Waals surface area contributed by atoms with Crippen molar-refractivity contribution in [1.82, 2.24) is 0 Å². The summed E-state index contributed by atoms with van der Waals surface area (Å²) >= 11 is 0. The van der Waals surface area contributed by atoms with E-state index in [1.54, 1.807) is 0 Å². The fraction of sp³-hybridized carbons (Fsp3) is 1.00. The van der Waals surface area contributed by atoms with Crippen molar-refractivity contribution in [3.63, 3.8) is 0 Å². The summed E-state index contributed by atoms with van der Waals surface area (Å²) in [7, 11) is -4.45. The Labute approximate surface area is 65.9 Å². The molecule has 0 aromatic rings. The molecule has 66 valence electrons. The van der Waals surface area contributed by atoms with Crippen LogP contribution < -0.4 is 5.50 Å². The van der Waals surface area contributed by atoms with Crippen molar-refractivity contribution in [2.75, 3.05) is 0 Å². The summed E-state index contributed by atoms with van der Waals surface area (Å²) in [6, 6.07) is 0. The minimum atomic E-state index is -2.33. The smallest absolute Gasteiger partial charge is 0.338 e. The summed E-state index contributed by atoms with van der Waals surface area (Å²) in [6.45, 7) is 0. The third-order valence-electron chi connectivity index (χ3n) is 0.764. The average molecular weight is 202 g/mol. The van der Waals surface area contributed by atoms with Crippen molar-refractivity contribution in [2.24, 2.45) is 5.50 Å². The zero-order valence-corrected chi connectivity index (χ0v) is 7.41. The lowest BCUT2D eigenvalue weighted by Crippen LogP contribution is -1.78. The van der Waals surface area contributed by atoms with Gasteiger partial charge in [-0.15, -0.1) is 9.42 Å². The second kappa shape index (κ2) is 5.91. The lowest BCUT2D eigenvalue weighted by atomic mass is 10.9. The number of rotatable bonds is 2. The topological polar surface area (TPSA) is 113 Å². The molecule has 1 unspecified atom stereocenters. The Hall–Kier alpha value is 0.330.